The van der Waals surface area contributed by atoms with Gasteiger partial charge in [0.05, 0.1) is 33.0 Å². The molecular weight excluding hydrogens is 852 g/mol. The Morgan fingerprint density at radius 2 is 0.823 bits per heavy atom. The average molecular weight is 911 g/mol. The first-order valence-electron chi connectivity index (χ1n) is 19.6. The highest BCUT2D eigenvalue weighted by Gasteiger charge is 2.56. The average Bonchev–Trinajstić information content (AvgIpc) is 3.23. The molecular formula is C34H58N2O26. The fourth-order valence-electron chi connectivity index (χ4n) is 7.73. The molecule has 5 saturated heterocycles. The predicted molar refractivity (Wildman–Crippen MR) is 190 cm³/mol. The molecule has 28 heteroatoms. The van der Waals surface area contributed by atoms with Gasteiger partial charge in [-0.05, 0) is 0 Å². The standard InChI is InChI=1S/C34H58N2O26/c1-8(41)35-15-20(46)27(12(5-39)55-30(15)53)60-31-16(36-9(2)42)21(47)28(13(6-40)58-31)61-34-26(52)29(62-33-25(51)23(49)18(44)11(4-38)57-33)19(45)14(59-34)7-54-32-24(50)22(48)17(43)10(3-37)56-32/h10-34,37-40,43-53H,3-7H2,1-2H3,(H,35,41)(H,36,42)/t10-,11-,12-,13-,14-,15-,16-,17-,18-,19-,20-,21-,22+,23+,24+,25+,26+,27-,28-,29+,30-,31+,32+,33+,34+/m1/s1. The number of nitrogens with one attached hydrogen (secondary N) is 2. The number of aliphatic hydroxyl groups excluding tert-OH is 15. The summed E-state index contributed by atoms with van der Waals surface area (Å²) in [5.41, 5.74) is 0. The number of hydrogen-bond donors (Lipinski definition) is 17. The Hall–Kier alpha value is -2.02. The number of carbonyl (C=O) groups is 2. The largest absolute Gasteiger partial charge is 0.394 e. The van der Waals surface area contributed by atoms with Crippen molar-refractivity contribution in [3.63, 3.8) is 0 Å². The molecule has 360 valence electrons. The molecule has 5 fully saturated rings. The minimum Gasteiger partial charge on any atom is -0.394 e. The molecule has 0 unspecified atom stereocenters. The normalized spacial score (nSPS) is 49.0. The predicted octanol–water partition coefficient (Wildman–Crippen LogP) is -11.6. The highest BCUT2D eigenvalue weighted by molar-refractivity contribution is 5.73. The molecule has 28 nitrogen and oxygen atoms in total. The summed E-state index contributed by atoms with van der Waals surface area (Å²) in [6, 6.07) is -3.19. The van der Waals surface area contributed by atoms with Crippen molar-refractivity contribution in [2.45, 2.75) is 167 Å². The van der Waals surface area contributed by atoms with E-state index in [9.17, 15) is 86.2 Å². The van der Waals surface area contributed by atoms with Crippen molar-refractivity contribution in [2.24, 2.45) is 0 Å². The number of hydrogen-bond acceptors (Lipinski definition) is 26. The molecule has 5 aliphatic heterocycles. The van der Waals surface area contributed by atoms with Crippen LogP contribution < -0.4 is 10.6 Å². The molecule has 17 N–H and O–H groups in total. The molecule has 25 atom stereocenters. The Balaban J connectivity index is 1.41. The van der Waals surface area contributed by atoms with Crippen LogP contribution in [0.25, 0.3) is 0 Å². The Morgan fingerprint density at radius 3 is 1.35 bits per heavy atom. The van der Waals surface area contributed by atoms with Gasteiger partial charge in [0.15, 0.2) is 31.5 Å². The Bertz CT molecular complexity index is 1440. The maximum atomic E-state index is 12.4. The molecule has 5 heterocycles. The van der Waals surface area contributed by atoms with Crippen LogP contribution in [-0.4, -0.2) is 275 Å². The fourth-order valence-corrected chi connectivity index (χ4v) is 7.73. The zero-order chi connectivity index (χ0) is 45.9. The second-order valence-electron chi connectivity index (χ2n) is 15.5. The van der Waals surface area contributed by atoms with Crippen molar-refractivity contribution in [3.05, 3.63) is 0 Å². The van der Waals surface area contributed by atoms with E-state index in [0.717, 1.165) is 13.8 Å². The number of amides is 2. The summed E-state index contributed by atoms with van der Waals surface area (Å²) in [4.78, 5) is 24.2. The van der Waals surface area contributed by atoms with E-state index in [2.05, 4.69) is 10.6 Å². The van der Waals surface area contributed by atoms with Crippen molar-refractivity contribution >= 4 is 11.8 Å². The summed E-state index contributed by atoms with van der Waals surface area (Å²) < 4.78 is 50.8. The van der Waals surface area contributed by atoms with Crippen LogP contribution in [0.3, 0.4) is 0 Å². The van der Waals surface area contributed by atoms with Gasteiger partial charge in [-0.15, -0.1) is 0 Å². The molecule has 0 saturated carbocycles. The van der Waals surface area contributed by atoms with Crippen molar-refractivity contribution in [1.29, 1.82) is 0 Å². The zero-order valence-corrected chi connectivity index (χ0v) is 33.2. The first kappa shape index (κ1) is 51.0. The molecule has 0 bridgehead atoms. The van der Waals surface area contributed by atoms with E-state index in [1.54, 1.807) is 0 Å². The Kier molecular flexibility index (Phi) is 18.1. The van der Waals surface area contributed by atoms with Gasteiger partial charge in [-0.2, -0.15) is 0 Å². The van der Waals surface area contributed by atoms with Gasteiger partial charge in [-0.25, -0.2) is 0 Å². The van der Waals surface area contributed by atoms with Crippen LogP contribution in [0.1, 0.15) is 13.8 Å². The zero-order valence-electron chi connectivity index (χ0n) is 33.2. The third-order valence-electron chi connectivity index (χ3n) is 11.1. The molecule has 0 aromatic carbocycles. The van der Waals surface area contributed by atoms with Gasteiger partial charge < -0.3 is 130 Å². The molecule has 0 aromatic rings. The Morgan fingerprint density at radius 1 is 0.419 bits per heavy atom. The minimum atomic E-state index is -2.18. The van der Waals surface area contributed by atoms with E-state index in [-0.39, 0.29) is 0 Å². The third-order valence-corrected chi connectivity index (χ3v) is 11.1. The molecule has 0 aromatic heterocycles. The van der Waals surface area contributed by atoms with Gasteiger partial charge in [-0.1, -0.05) is 0 Å². The van der Waals surface area contributed by atoms with Crippen LogP contribution >= 0.6 is 0 Å². The highest BCUT2D eigenvalue weighted by atomic mass is 16.8. The van der Waals surface area contributed by atoms with Crippen molar-refractivity contribution in [1.82, 2.24) is 10.6 Å². The molecule has 0 spiro atoms. The number of aliphatic hydroxyl groups is 15. The number of carbonyl (C=O) groups excluding carboxylic acids is 2. The van der Waals surface area contributed by atoms with Gasteiger partial charge >= 0.3 is 0 Å². The van der Waals surface area contributed by atoms with E-state index in [0.29, 0.717) is 0 Å². The smallest absolute Gasteiger partial charge is 0.217 e. The van der Waals surface area contributed by atoms with Crippen molar-refractivity contribution in [3.8, 4) is 0 Å². The van der Waals surface area contributed by atoms with Gasteiger partial charge in [0, 0.05) is 13.8 Å². The van der Waals surface area contributed by atoms with Gasteiger partial charge in [-0.3, -0.25) is 9.59 Å². The fraction of sp³-hybridized carbons (Fsp3) is 0.941. The lowest BCUT2D eigenvalue weighted by Crippen LogP contribution is -2.70. The minimum absolute atomic E-state index is 0.693. The Labute approximate surface area is 351 Å². The van der Waals surface area contributed by atoms with Gasteiger partial charge in [0.2, 0.25) is 11.8 Å². The van der Waals surface area contributed by atoms with Crippen molar-refractivity contribution in [2.75, 3.05) is 33.0 Å². The third kappa shape index (κ3) is 11.0. The summed E-state index contributed by atoms with van der Waals surface area (Å²) in [6.07, 6.45) is -42.3. The SMILES string of the molecule is CC(=O)N[C@@H]1[C@@H](O)[C@H](O[C@@H]2O[C@H](CO)[C@@H](O[C@@H]3O[C@H](CO[C@H]4O[C@H](CO)[C@@H](O)[C@H](O)[C@@H]4O)[C@@H](O)[C@H](O[C@@H]4O[C@H](CO)[C@@H](O)[C@H](O)[C@@H]4O)[C@@H]3O)[C@H](O)[C@H]2NC(C)=O)[C@@H](CO)O[C@H]1O. The van der Waals surface area contributed by atoms with E-state index in [4.69, 9.17) is 42.6 Å². The monoisotopic (exact) mass is 910 g/mol. The van der Waals surface area contributed by atoms with Crippen LogP contribution in [0.4, 0.5) is 0 Å². The van der Waals surface area contributed by atoms with Crippen LogP contribution in [0.15, 0.2) is 0 Å². The van der Waals surface area contributed by atoms with E-state index < -0.39 is 198 Å². The lowest BCUT2D eigenvalue weighted by atomic mass is 9.94. The molecule has 2 amide bonds. The van der Waals surface area contributed by atoms with Crippen LogP contribution in [0.5, 0.6) is 0 Å². The molecule has 62 heavy (non-hydrogen) atoms. The first-order valence-corrected chi connectivity index (χ1v) is 19.6. The maximum Gasteiger partial charge on any atom is 0.217 e. The van der Waals surface area contributed by atoms with E-state index in [1.165, 1.54) is 0 Å². The quantitative estimate of drug-likeness (QED) is 0.0725. The highest BCUT2D eigenvalue weighted by Crippen LogP contribution is 2.35. The lowest BCUT2D eigenvalue weighted by Gasteiger charge is -2.50. The second-order valence-corrected chi connectivity index (χ2v) is 15.5. The molecule has 5 rings (SSSR count). The van der Waals surface area contributed by atoms with Crippen LogP contribution in [0.2, 0.25) is 0 Å². The lowest BCUT2D eigenvalue weighted by molar-refractivity contribution is -0.384. The first-order chi connectivity index (χ1) is 29.3. The topological polar surface area (TPSA) is 445 Å². The van der Waals surface area contributed by atoms with E-state index in [1.807, 2.05) is 0 Å². The molecule has 0 radical (unpaired) electrons. The van der Waals surface area contributed by atoms with Gasteiger partial charge in [0.1, 0.15) is 122 Å². The summed E-state index contributed by atoms with van der Waals surface area (Å²) in [6.45, 7) is -2.31. The van der Waals surface area contributed by atoms with Crippen LogP contribution in [0, 0.1) is 0 Å². The number of ether oxygens (including phenoxy) is 9. The second kappa shape index (κ2) is 22.0. The molecule has 0 aliphatic carbocycles. The van der Waals surface area contributed by atoms with Gasteiger partial charge in [0.25, 0.3) is 0 Å². The van der Waals surface area contributed by atoms with Crippen molar-refractivity contribution < 1.29 is 129 Å². The maximum absolute atomic E-state index is 12.4. The van der Waals surface area contributed by atoms with Crippen LogP contribution in [-0.2, 0) is 52.2 Å². The summed E-state index contributed by atoms with van der Waals surface area (Å²) >= 11 is 0. The molecule has 5 aliphatic rings. The van der Waals surface area contributed by atoms with E-state index >= 15 is 0 Å². The number of rotatable bonds is 15. The summed E-state index contributed by atoms with van der Waals surface area (Å²) in [5, 5.41) is 163. The summed E-state index contributed by atoms with van der Waals surface area (Å²) in [7, 11) is 0. The summed E-state index contributed by atoms with van der Waals surface area (Å²) in [5.74, 6) is -1.49.